The Morgan fingerprint density at radius 3 is 2.60 bits per heavy atom. The minimum atomic E-state index is -5.36. The lowest BCUT2D eigenvalue weighted by molar-refractivity contribution is -0.209. The third kappa shape index (κ3) is 4.68. The first kappa shape index (κ1) is 29.5. The Morgan fingerprint density at radius 2 is 1.95 bits per heavy atom. The highest BCUT2D eigenvalue weighted by atomic mass is 32.1. The molecule has 17 heteroatoms. The summed E-state index contributed by atoms with van der Waals surface area (Å²) in [6.07, 6.45) is -9.10. The number of aromatic nitrogens is 3. The van der Waals surface area contributed by atoms with Crippen LogP contribution in [0.15, 0.2) is 24.4 Å². The summed E-state index contributed by atoms with van der Waals surface area (Å²) in [4.78, 5) is 43.5. The number of halogens is 6. The molecule has 2 saturated heterocycles. The van der Waals surface area contributed by atoms with Crippen LogP contribution in [0.4, 0.5) is 26.3 Å². The Bertz CT molecular complexity index is 1640. The number of nitrogens with one attached hydrogen (secondary N) is 1. The first-order chi connectivity index (χ1) is 20.1. The van der Waals surface area contributed by atoms with Crippen molar-refractivity contribution in [3.63, 3.8) is 0 Å². The second-order valence-electron chi connectivity index (χ2n) is 11.1. The highest BCUT2D eigenvalue weighted by Crippen LogP contribution is 2.69. The summed E-state index contributed by atoms with van der Waals surface area (Å²) in [5.74, 6) is -5.70. The number of hydrogen-bond donors (Lipinski definition) is 1. The van der Waals surface area contributed by atoms with Gasteiger partial charge in [0.2, 0.25) is 11.5 Å². The lowest BCUT2D eigenvalue weighted by atomic mass is 10.0. The van der Waals surface area contributed by atoms with Gasteiger partial charge < -0.3 is 14.8 Å². The zero-order chi connectivity index (χ0) is 31.1. The molecule has 2 amide bonds. The molecule has 2 aliphatic heterocycles. The number of likely N-dealkylation sites (tertiary alicyclic amines) is 1. The number of morpholine rings is 1. The van der Waals surface area contributed by atoms with Gasteiger partial charge in [-0.05, 0) is 18.2 Å². The summed E-state index contributed by atoms with van der Waals surface area (Å²) >= 11 is 1.05. The van der Waals surface area contributed by atoms with Crippen molar-refractivity contribution in [1.82, 2.24) is 25.0 Å². The van der Waals surface area contributed by atoms with Gasteiger partial charge in [0.15, 0.2) is 5.69 Å². The fourth-order valence-electron chi connectivity index (χ4n) is 5.91. The number of piperidine rings is 1. The highest BCUT2D eigenvalue weighted by molar-refractivity contribution is 7.19. The number of ether oxygens (including phenoxy) is 2. The number of amides is 2. The van der Waals surface area contributed by atoms with E-state index in [1.54, 1.807) is 0 Å². The molecule has 0 spiro atoms. The van der Waals surface area contributed by atoms with Crippen LogP contribution in [0, 0.1) is 11.3 Å². The number of hydrogen-bond acceptors (Lipinski definition) is 9. The van der Waals surface area contributed by atoms with Gasteiger partial charge >= 0.3 is 18.3 Å². The molecule has 1 N–H and O–H groups in total. The maximum Gasteiger partial charge on any atom is 0.490 e. The van der Waals surface area contributed by atoms with Crippen molar-refractivity contribution in [2.75, 3.05) is 19.7 Å². The Labute approximate surface area is 242 Å². The van der Waals surface area contributed by atoms with Crippen molar-refractivity contribution >= 4 is 39.3 Å². The molecule has 3 aliphatic rings. The Hall–Kier alpha value is -3.57. The van der Waals surface area contributed by atoms with Gasteiger partial charge in [-0.25, -0.2) is 4.79 Å². The summed E-state index contributed by atoms with van der Waals surface area (Å²) in [5, 5.41) is 6.91. The summed E-state index contributed by atoms with van der Waals surface area (Å²) in [6, 6.07) is 3.98. The Balaban J connectivity index is 1.32. The van der Waals surface area contributed by atoms with Gasteiger partial charge in [-0.2, -0.15) is 31.4 Å². The maximum atomic E-state index is 13.7. The largest absolute Gasteiger partial charge is 0.490 e. The van der Waals surface area contributed by atoms with Gasteiger partial charge in [-0.3, -0.25) is 24.2 Å². The number of fused-ring (bicyclic) bond motifs is 2. The third-order valence-electron chi connectivity index (χ3n) is 8.07. The monoisotopic (exact) mass is 631 g/mol. The summed E-state index contributed by atoms with van der Waals surface area (Å²) in [6.45, 7) is 3.85. The summed E-state index contributed by atoms with van der Waals surface area (Å²) in [7, 11) is 0. The molecule has 5 heterocycles. The van der Waals surface area contributed by atoms with Crippen molar-refractivity contribution in [3.05, 3.63) is 35.0 Å². The van der Waals surface area contributed by atoms with Gasteiger partial charge in [-0.1, -0.05) is 13.8 Å². The smallest absolute Gasteiger partial charge is 0.441 e. The standard InChI is InChI=1S/C26H23F6N5O5S/c1-23(2)19-20(38)36(21(39)24(19,23)42-22(40)26(30,31)32)11-13-7-15-18(43-13)14(3-4-34-15)16-8-17(25(27,28)29)35-37(16)10-12-9-33-5-6-41-12/h3-4,7-8,12,19,33H,5-6,9-11H2,1-2H3. The molecule has 230 valence electrons. The molecule has 0 aromatic carbocycles. The molecular weight excluding hydrogens is 608 g/mol. The van der Waals surface area contributed by atoms with Crippen LogP contribution in [0.5, 0.6) is 0 Å². The molecule has 1 saturated carbocycles. The number of thiophene rings is 1. The zero-order valence-electron chi connectivity index (χ0n) is 22.5. The zero-order valence-corrected chi connectivity index (χ0v) is 23.3. The number of carbonyl (C=O) groups excluding carboxylic acids is 3. The van der Waals surface area contributed by atoms with E-state index in [-0.39, 0.29) is 18.8 Å². The second kappa shape index (κ2) is 9.72. The second-order valence-corrected chi connectivity index (χ2v) is 12.2. The van der Waals surface area contributed by atoms with E-state index < -0.39 is 58.9 Å². The molecule has 0 bridgehead atoms. The fourth-order valence-corrected chi connectivity index (χ4v) is 7.04. The Morgan fingerprint density at radius 1 is 1.21 bits per heavy atom. The van der Waals surface area contributed by atoms with Crippen LogP contribution in [-0.2, 0) is 43.1 Å². The molecule has 3 unspecified atom stereocenters. The molecule has 10 nitrogen and oxygen atoms in total. The van der Waals surface area contributed by atoms with Crippen LogP contribution in [-0.4, -0.2) is 75.0 Å². The van der Waals surface area contributed by atoms with Gasteiger partial charge in [0, 0.05) is 35.1 Å². The van der Waals surface area contributed by atoms with E-state index >= 15 is 0 Å². The molecule has 1 aliphatic carbocycles. The summed E-state index contributed by atoms with van der Waals surface area (Å²) in [5.41, 5.74) is -3.82. The minimum Gasteiger partial charge on any atom is -0.441 e. The van der Waals surface area contributed by atoms with Gasteiger partial charge in [-0.15, -0.1) is 11.3 Å². The fraction of sp³-hybridized carbons (Fsp3) is 0.500. The van der Waals surface area contributed by atoms with E-state index in [9.17, 15) is 40.7 Å². The van der Waals surface area contributed by atoms with Crippen molar-refractivity contribution < 1.29 is 50.2 Å². The average molecular weight is 632 g/mol. The van der Waals surface area contributed by atoms with Crippen molar-refractivity contribution in [2.45, 2.75) is 51.0 Å². The molecule has 3 aromatic heterocycles. The molecular formula is C26H23F6N5O5S. The lowest BCUT2D eigenvalue weighted by Crippen LogP contribution is -2.45. The van der Waals surface area contributed by atoms with E-state index in [2.05, 4.69) is 20.1 Å². The molecule has 43 heavy (non-hydrogen) atoms. The van der Waals surface area contributed by atoms with E-state index in [4.69, 9.17) is 4.74 Å². The molecule has 3 aromatic rings. The van der Waals surface area contributed by atoms with E-state index in [0.29, 0.717) is 40.4 Å². The maximum absolute atomic E-state index is 13.7. The SMILES string of the molecule is CC1(C)C2C(=O)N(Cc3cc4nccc(-c5cc(C(F)(F)F)nn5CC5CNCCO5)c4s3)C(=O)C21OC(=O)C(F)(F)F. The molecule has 0 radical (unpaired) electrons. The summed E-state index contributed by atoms with van der Waals surface area (Å²) < 4.78 is 91.9. The number of carbonyl (C=O) groups is 3. The quantitative estimate of drug-likeness (QED) is 0.250. The Kier molecular flexibility index (Phi) is 6.67. The first-order valence-electron chi connectivity index (χ1n) is 13.1. The lowest BCUT2D eigenvalue weighted by Gasteiger charge is -2.24. The normalized spacial score (nSPS) is 25.3. The number of nitrogens with zero attached hydrogens (tertiary/aromatic N) is 4. The molecule has 6 rings (SSSR count). The van der Waals surface area contributed by atoms with Crippen molar-refractivity contribution in [1.29, 1.82) is 0 Å². The van der Waals surface area contributed by atoms with E-state index in [1.807, 2.05) is 0 Å². The number of alkyl halides is 6. The van der Waals surface area contributed by atoms with Crippen LogP contribution in [0.25, 0.3) is 21.5 Å². The number of imide groups is 1. The molecule has 3 atom stereocenters. The van der Waals surface area contributed by atoms with Crippen LogP contribution in [0.3, 0.4) is 0 Å². The average Bonchev–Trinajstić information content (AvgIpc) is 3.34. The van der Waals surface area contributed by atoms with Gasteiger partial charge in [0.25, 0.3) is 5.91 Å². The number of rotatable bonds is 6. The third-order valence-corrected chi connectivity index (χ3v) is 9.21. The predicted molar refractivity (Wildman–Crippen MR) is 136 cm³/mol. The van der Waals surface area contributed by atoms with Crippen LogP contribution >= 0.6 is 11.3 Å². The van der Waals surface area contributed by atoms with Crippen LogP contribution in [0.2, 0.25) is 0 Å². The van der Waals surface area contributed by atoms with Gasteiger partial charge in [0.1, 0.15) is 0 Å². The highest BCUT2D eigenvalue weighted by Gasteiger charge is 2.88. The van der Waals surface area contributed by atoms with E-state index in [1.165, 1.54) is 36.9 Å². The number of pyridine rings is 1. The topological polar surface area (TPSA) is 116 Å². The van der Waals surface area contributed by atoms with Crippen LogP contribution in [0.1, 0.15) is 24.4 Å². The minimum absolute atomic E-state index is 0.0349. The number of esters is 1. The van der Waals surface area contributed by atoms with Crippen molar-refractivity contribution in [2.24, 2.45) is 11.3 Å². The van der Waals surface area contributed by atoms with Crippen molar-refractivity contribution in [3.8, 4) is 11.3 Å². The van der Waals surface area contributed by atoms with Gasteiger partial charge in [0.05, 0.1) is 47.6 Å². The van der Waals surface area contributed by atoms with E-state index in [0.717, 1.165) is 22.3 Å². The predicted octanol–water partition coefficient (Wildman–Crippen LogP) is 3.54. The van der Waals surface area contributed by atoms with Crippen LogP contribution < -0.4 is 5.32 Å². The molecule has 3 fully saturated rings. The first-order valence-corrected chi connectivity index (χ1v) is 13.9.